The minimum absolute atomic E-state index is 0.207. The maximum Gasteiger partial charge on any atom is 0.294 e. The molecule has 0 radical (unpaired) electrons. The Morgan fingerprint density at radius 1 is 1.14 bits per heavy atom. The van der Waals surface area contributed by atoms with Crippen molar-refractivity contribution in [1.29, 1.82) is 0 Å². The molecular weight excluding hydrogens is 571 g/mol. The summed E-state index contributed by atoms with van der Waals surface area (Å²) in [6.45, 7) is 1.66. The van der Waals surface area contributed by atoms with Crippen LogP contribution in [0.2, 0.25) is 5.02 Å². The number of rotatable bonds is 7. The zero-order valence-corrected chi connectivity index (χ0v) is 22.0. The molecule has 3 amide bonds. The van der Waals surface area contributed by atoms with E-state index in [2.05, 4.69) is 21.2 Å². The lowest BCUT2D eigenvalue weighted by atomic mass is 10.2. The van der Waals surface area contributed by atoms with Gasteiger partial charge in [0.05, 0.1) is 9.38 Å². The minimum atomic E-state index is -0.546. The Morgan fingerprint density at radius 2 is 1.89 bits per heavy atom. The van der Waals surface area contributed by atoms with Crippen LogP contribution in [0.4, 0.5) is 14.9 Å². The number of thioether (sulfide) groups is 1. The van der Waals surface area contributed by atoms with Crippen LogP contribution in [0.1, 0.15) is 16.7 Å². The van der Waals surface area contributed by atoms with Gasteiger partial charge in [-0.15, -0.1) is 0 Å². The summed E-state index contributed by atoms with van der Waals surface area (Å²) in [6, 6.07) is 16.3. The van der Waals surface area contributed by atoms with Crippen molar-refractivity contribution < 1.29 is 23.5 Å². The van der Waals surface area contributed by atoms with Crippen LogP contribution in [0.5, 0.6) is 5.75 Å². The van der Waals surface area contributed by atoms with Crippen LogP contribution < -0.4 is 10.1 Å². The molecule has 3 aromatic rings. The van der Waals surface area contributed by atoms with Gasteiger partial charge in [-0.25, -0.2) is 4.39 Å². The summed E-state index contributed by atoms with van der Waals surface area (Å²) < 4.78 is 19.5. The fourth-order valence-electron chi connectivity index (χ4n) is 3.32. The number of nitrogens with one attached hydrogen (secondary N) is 1. The first-order valence-corrected chi connectivity index (χ1v) is 12.7. The normalized spacial score (nSPS) is 14.4. The first-order valence-electron chi connectivity index (χ1n) is 10.7. The molecule has 184 valence electrons. The quantitative estimate of drug-likeness (QED) is 0.307. The predicted molar refractivity (Wildman–Crippen MR) is 142 cm³/mol. The lowest BCUT2D eigenvalue weighted by Crippen LogP contribution is -2.36. The number of imide groups is 1. The van der Waals surface area contributed by atoms with Crippen molar-refractivity contribution in [2.45, 2.75) is 13.5 Å². The summed E-state index contributed by atoms with van der Waals surface area (Å²) in [5.41, 5.74) is 2.80. The molecule has 36 heavy (non-hydrogen) atoms. The Labute approximate surface area is 224 Å². The van der Waals surface area contributed by atoms with Gasteiger partial charge in [0.15, 0.2) is 0 Å². The van der Waals surface area contributed by atoms with Crippen molar-refractivity contribution in [2.24, 2.45) is 0 Å². The molecule has 1 saturated heterocycles. The molecule has 1 N–H and O–H groups in total. The van der Waals surface area contributed by atoms with Gasteiger partial charge < -0.3 is 10.1 Å². The van der Waals surface area contributed by atoms with E-state index in [1.165, 1.54) is 12.1 Å². The van der Waals surface area contributed by atoms with E-state index < -0.39 is 23.6 Å². The average molecular weight is 590 g/mol. The summed E-state index contributed by atoms with van der Waals surface area (Å²) >= 11 is 10.2. The van der Waals surface area contributed by atoms with Crippen LogP contribution in [0.3, 0.4) is 0 Å². The van der Waals surface area contributed by atoms with Crippen molar-refractivity contribution >= 4 is 68.1 Å². The molecule has 1 heterocycles. The van der Waals surface area contributed by atoms with Gasteiger partial charge >= 0.3 is 0 Å². The number of halogens is 3. The number of amides is 3. The van der Waals surface area contributed by atoms with Gasteiger partial charge in [-0.2, -0.15) is 0 Å². The zero-order valence-electron chi connectivity index (χ0n) is 18.9. The fraction of sp³-hybridized carbons (Fsp3) is 0.115. The molecule has 10 heteroatoms. The summed E-state index contributed by atoms with van der Waals surface area (Å²) in [7, 11) is 0. The van der Waals surface area contributed by atoms with E-state index >= 15 is 0 Å². The fourth-order valence-corrected chi connectivity index (χ4v) is 4.84. The molecule has 0 bridgehead atoms. The second-order valence-electron chi connectivity index (χ2n) is 7.88. The van der Waals surface area contributed by atoms with Gasteiger partial charge in [0.1, 0.15) is 24.7 Å². The molecular formula is C26H19BrClFN2O4S. The number of hydrogen-bond donors (Lipinski definition) is 1. The van der Waals surface area contributed by atoms with Gasteiger partial charge in [0.25, 0.3) is 11.1 Å². The molecule has 4 rings (SSSR count). The number of benzene rings is 3. The molecule has 1 fully saturated rings. The van der Waals surface area contributed by atoms with Crippen molar-refractivity contribution in [1.82, 2.24) is 4.90 Å². The van der Waals surface area contributed by atoms with E-state index in [9.17, 15) is 18.8 Å². The topological polar surface area (TPSA) is 75.7 Å². The van der Waals surface area contributed by atoms with Gasteiger partial charge in [-0.3, -0.25) is 19.3 Å². The molecule has 6 nitrogen and oxygen atoms in total. The van der Waals surface area contributed by atoms with Crippen LogP contribution in [-0.4, -0.2) is 28.5 Å². The standard InChI is InChI=1S/C26H19BrClFN2O4S/c1-15-2-6-18(28)12-21(15)30-24(32)13-31-25(33)23(36-26(31)34)11-17-5-9-22(20(27)10-17)35-14-16-3-7-19(29)8-4-16/h2-12H,13-14H2,1H3,(H,30,32)/b23-11-. The molecule has 0 spiro atoms. The first kappa shape index (κ1) is 25.9. The zero-order chi connectivity index (χ0) is 25.8. The van der Waals surface area contributed by atoms with E-state index in [0.717, 1.165) is 27.8 Å². The highest BCUT2D eigenvalue weighted by atomic mass is 79.9. The van der Waals surface area contributed by atoms with Crippen molar-refractivity contribution in [2.75, 3.05) is 11.9 Å². The Balaban J connectivity index is 1.40. The number of carbonyl (C=O) groups is 3. The predicted octanol–water partition coefficient (Wildman–Crippen LogP) is 6.80. The van der Waals surface area contributed by atoms with E-state index in [1.54, 1.807) is 54.6 Å². The molecule has 1 aliphatic heterocycles. The number of aryl methyl sites for hydroxylation is 1. The average Bonchev–Trinajstić information content (AvgIpc) is 3.09. The maximum atomic E-state index is 13.1. The van der Waals surface area contributed by atoms with E-state index in [-0.39, 0.29) is 17.3 Å². The van der Waals surface area contributed by atoms with Crippen molar-refractivity contribution in [3.8, 4) is 5.75 Å². The number of ether oxygens (including phenoxy) is 1. The third-order valence-corrected chi connectivity index (χ3v) is 6.97. The monoisotopic (exact) mass is 588 g/mol. The highest BCUT2D eigenvalue weighted by Gasteiger charge is 2.36. The molecule has 0 atom stereocenters. The van der Waals surface area contributed by atoms with Crippen LogP contribution in [0, 0.1) is 12.7 Å². The number of carbonyl (C=O) groups excluding carboxylic acids is 3. The summed E-state index contributed by atoms with van der Waals surface area (Å²) in [5.74, 6) is -0.798. The van der Waals surface area contributed by atoms with Crippen molar-refractivity contribution in [3.05, 3.63) is 97.6 Å². The molecule has 0 aromatic heterocycles. The Hall–Kier alpha value is -3.14. The van der Waals surface area contributed by atoms with E-state index in [1.807, 2.05) is 6.92 Å². The smallest absolute Gasteiger partial charge is 0.294 e. The highest BCUT2D eigenvalue weighted by molar-refractivity contribution is 9.10. The van der Waals surface area contributed by atoms with Gasteiger partial charge in [-0.05, 0) is 93.8 Å². The third kappa shape index (κ3) is 6.34. The number of hydrogen-bond acceptors (Lipinski definition) is 5. The van der Waals surface area contributed by atoms with Gasteiger partial charge in [0, 0.05) is 10.7 Å². The number of anilines is 1. The third-order valence-electron chi connectivity index (χ3n) is 5.21. The molecule has 0 unspecified atom stereocenters. The Morgan fingerprint density at radius 3 is 2.61 bits per heavy atom. The molecule has 0 saturated carbocycles. The minimum Gasteiger partial charge on any atom is -0.488 e. The largest absolute Gasteiger partial charge is 0.488 e. The summed E-state index contributed by atoms with van der Waals surface area (Å²) in [4.78, 5) is 38.8. The Kier molecular flexibility index (Phi) is 8.13. The second-order valence-corrected chi connectivity index (χ2v) is 10.2. The maximum absolute atomic E-state index is 13.1. The molecule has 1 aliphatic rings. The van der Waals surface area contributed by atoms with Crippen LogP contribution >= 0.6 is 39.3 Å². The van der Waals surface area contributed by atoms with Gasteiger partial charge in [-0.1, -0.05) is 35.9 Å². The molecule has 0 aliphatic carbocycles. The van der Waals surface area contributed by atoms with Crippen LogP contribution in [0.25, 0.3) is 6.08 Å². The Bertz CT molecular complexity index is 1380. The summed E-state index contributed by atoms with van der Waals surface area (Å²) in [5, 5.41) is 2.62. The van der Waals surface area contributed by atoms with Crippen LogP contribution in [-0.2, 0) is 16.2 Å². The van der Waals surface area contributed by atoms with Crippen LogP contribution in [0.15, 0.2) is 70.0 Å². The highest BCUT2D eigenvalue weighted by Crippen LogP contribution is 2.34. The van der Waals surface area contributed by atoms with Gasteiger partial charge in [0.2, 0.25) is 5.91 Å². The van der Waals surface area contributed by atoms with E-state index in [0.29, 0.717) is 26.5 Å². The van der Waals surface area contributed by atoms with E-state index in [4.69, 9.17) is 16.3 Å². The second kappa shape index (κ2) is 11.3. The lowest BCUT2D eigenvalue weighted by Gasteiger charge is -2.13. The SMILES string of the molecule is Cc1ccc(Cl)cc1NC(=O)CN1C(=O)S/C(=C\c2ccc(OCc3ccc(F)cc3)c(Br)c2)C1=O. The first-order chi connectivity index (χ1) is 17.2. The lowest BCUT2D eigenvalue weighted by molar-refractivity contribution is -0.127. The molecule has 3 aromatic carbocycles. The van der Waals surface area contributed by atoms with Crippen molar-refractivity contribution in [3.63, 3.8) is 0 Å². The number of nitrogens with zero attached hydrogens (tertiary/aromatic N) is 1. The summed E-state index contributed by atoms with van der Waals surface area (Å²) in [6.07, 6.45) is 1.58.